The van der Waals surface area contributed by atoms with Gasteiger partial charge in [0.2, 0.25) is 0 Å². The van der Waals surface area contributed by atoms with E-state index in [9.17, 15) is 9.90 Å². The quantitative estimate of drug-likeness (QED) is 0.852. The molecular weight excluding hydrogens is 242 g/mol. The van der Waals surface area contributed by atoms with Crippen molar-refractivity contribution in [1.82, 2.24) is 5.32 Å². The lowest BCUT2D eigenvalue weighted by molar-refractivity contribution is -0.136. The molecule has 1 amide bonds. The molecule has 0 aromatic heterocycles. The van der Waals surface area contributed by atoms with Gasteiger partial charge in [-0.15, -0.1) is 0 Å². The average molecular weight is 265 g/mol. The third kappa shape index (κ3) is 4.24. The van der Waals surface area contributed by atoms with Crippen molar-refractivity contribution in [2.24, 2.45) is 0 Å². The van der Waals surface area contributed by atoms with E-state index in [2.05, 4.69) is 17.4 Å². The first-order chi connectivity index (χ1) is 8.75. The molecule has 0 fully saturated rings. The maximum absolute atomic E-state index is 11.5. The number of nitrogens with one attached hydrogen (secondary N) is 1. The number of carbonyl (C=O) groups is 1. The van der Waals surface area contributed by atoms with Crippen molar-refractivity contribution in [3.63, 3.8) is 0 Å². The van der Waals surface area contributed by atoms with Gasteiger partial charge in [0, 0.05) is 6.54 Å². The molecule has 0 heterocycles. The molecule has 2 N–H and O–H groups in total. The van der Waals surface area contributed by atoms with E-state index in [1.165, 1.54) is 13.8 Å². The molecule has 1 rings (SSSR count). The van der Waals surface area contributed by atoms with E-state index in [4.69, 9.17) is 4.74 Å². The van der Waals surface area contributed by atoms with Crippen molar-refractivity contribution in [3.05, 3.63) is 28.8 Å². The predicted molar refractivity (Wildman–Crippen MR) is 75.5 cm³/mol. The Morgan fingerprint density at radius 1 is 1.32 bits per heavy atom. The van der Waals surface area contributed by atoms with Gasteiger partial charge in [-0.1, -0.05) is 12.1 Å². The van der Waals surface area contributed by atoms with Crippen LogP contribution in [0.15, 0.2) is 12.1 Å². The highest BCUT2D eigenvalue weighted by Crippen LogP contribution is 2.24. The molecule has 106 valence electrons. The number of hydrogen-bond acceptors (Lipinski definition) is 3. The van der Waals surface area contributed by atoms with Crippen LogP contribution in [0.4, 0.5) is 0 Å². The summed E-state index contributed by atoms with van der Waals surface area (Å²) in [4.78, 5) is 11.5. The number of ether oxygens (including phenoxy) is 1. The molecule has 0 aliphatic carbocycles. The third-order valence-electron chi connectivity index (χ3n) is 2.98. The molecule has 4 heteroatoms. The van der Waals surface area contributed by atoms with Crippen LogP contribution in [-0.2, 0) is 11.2 Å². The highest BCUT2D eigenvalue weighted by atomic mass is 16.5. The van der Waals surface area contributed by atoms with Crippen LogP contribution in [0.5, 0.6) is 5.75 Å². The summed E-state index contributed by atoms with van der Waals surface area (Å²) in [6, 6.07) is 4.12. The molecule has 0 unspecified atom stereocenters. The Kier molecular flexibility index (Phi) is 4.95. The molecule has 1 aromatic carbocycles. The van der Waals surface area contributed by atoms with Crippen LogP contribution in [0, 0.1) is 13.8 Å². The van der Waals surface area contributed by atoms with Gasteiger partial charge in [-0.2, -0.15) is 0 Å². The topological polar surface area (TPSA) is 58.6 Å². The first kappa shape index (κ1) is 15.5. The van der Waals surface area contributed by atoms with Crippen LogP contribution < -0.4 is 10.1 Å². The van der Waals surface area contributed by atoms with Crippen LogP contribution in [0.25, 0.3) is 0 Å². The highest BCUT2D eigenvalue weighted by molar-refractivity contribution is 5.83. The SMILES string of the molecule is COc1c(C)cc(CCNC(=O)C(C)(C)O)cc1C. The normalized spacial score (nSPS) is 11.3. The maximum Gasteiger partial charge on any atom is 0.251 e. The zero-order valence-electron chi connectivity index (χ0n) is 12.3. The molecule has 19 heavy (non-hydrogen) atoms. The molecule has 1 aromatic rings. The molecule has 0 saturated heterocycles. The number of aliphatic hydroxyl groups is 1. The van der Waals surface area contributed by atoms with Crippen LogP contribution in [0.2, 0.25) is 0 Å². The van der Waals surface area contributed by atoms with Crippen molar-refractivity contribution < 1.29 is 14.6 Å². The lowest BCUT2D eigenvalue weighted by Crippen LogP contribution is -2.42. The second-order valence-electron chi connectivity index (χ2n) is 5.33. The fraction of sp³-hybridized carbons (Fsp3) is 0.533. The molecule has 0 bridgehead atoms. The summed E-state index contributed by atoms with van der Waals surface area (Å²) in [5.74, 6) is 0.554. The highest BCUT2D eigenvalue weighted by Gasteiger charge is 2.22. The van der Waals surface area contributed by atoms with E-state index in [-0.39, 0.29) is 5.91 Å². The second kappa shape index (κ2) is 6.06. The largest absolute Gasteiger partial charge is 0.496 e. The average Bonchev–Trinajstić information content (AvgIpc) is 2.27. The summed E-state index contributed by atoms with van der Waals surface area (Å²) >= 11 is 0. The lowest BCUT2D eigenvalue weighted by Gasteiger charge is -2.17. The smallest absolute Gasteiger partial charge is 0.251 e. The van der Waals surface area contributed by atoms with Crippen molar-refractivity contribution in [2.75, 3.05) is 13.7 Å². The lowest BCUT2D eigenvalue weighted by atomic mass is 10.0. The zero-order valence-corrected chi connectivity index (χ0v) is 12.3. The maximum atomic E-state index is 11.5. The van der Waals surface area contributed by atoms with Gasteiger partial charge < -0.3 is 15.2 Å². The Bertz CT molecular complexity index is 438. The minimum absolute atomic E-state index is 0.352. The van der Waals surface area contributed by atoms with Gasteiger partial charge in [0.1, 0.15) is 11.4 Å². The van der Waals surface area contributed by atoms with Crippen LogP contribution in [0.3, 0.4) is 0 Å². The monoisotopic (exact) mass is 265 g/mol. The van der Waals surface area contributed by atoms with Gasteiger partial charge in [0.15, 0.2) is 0 Å². The fourth-order valence-electron chi connectivity index (χ4n) is 2.04. The van der Waals surface area contributed by atoms with E-state index >= 15 is 0 Å². The number of hydrogen-bond donors (Lipinski definition) is 2. The fourth-order valence-corrected chi connectivity index (χ4v) is 2.04. The summed E-state index contributed by atoms with van der Waals surface area (Å²) in [5.41, 5.74) is 2.00. The van der Waals surface area contributed by atoms with Crippen molar-refractivity contribution in [1.29, 1.82) is 0 Å². The molecule has 4 nitrogen and oxygen atoms in total. The summed E-state index contributed by atoms with van der Waals surface area (Å²) in [6.07, 6.45) is 0.730. The number of amides is 1. The van der Waals surface area contributed by atoms with Gasteiger partial charge in [-0.25, -0.2) is 0 Å². The number of aryl methyl sites for hydroxylation is 2. The summed E-state index contributed by atoms with van der Waals surface area (Å²) in [7, 11) is 1.67. The molecule has 0 aliphatic rings. The van der Waals surface area contributed by atoms with E-state index in [0.29, 0.717) is 6.54 Å². The first-order valence-corrected chi connectivity index (χ1v) is 6.40. The van der Waals surface area contributed by atoms with E-state index < -0.39 is 5.60 Å². The van der Waals surface area contributed by atoms with Gasteiger partial charge >= 0.3 is 0 Å². The number of methoxy groups -OCH3 is 1. The van der Waals surface area contributed by atoms with Gasteiger partial charge in [-0.05, 0) is 50.8 Å². The van der Waals surface area contributed by atoms with Crippen LogP contribution >= 0.6 is 0 Å². The van der Waals surface area contributed by atoms with E-state index in [0.717, 1.165) is 28.9 Å². The molecule has 0 radical (unpaired) electrons. The second-order valence-corrected chi connectivity index (χ2v) is 5.33. The van der Waals surface area contributed by atoms with Crippen molar-refractivity contribution in [3.8, 4) is 5.75 Å². The summed E-state index contributed by atoms with van der Waals surface area (Å²) in [5, 5.41) is 12.2. The Balaban J connectivity index is 2.62. The Labute approximate surface area is 114 Å². The number of rotatable bonds is 5. The zero-order chi connectivity index (χ0) is 14.6. The van der Waals surface area contributed by atoms with Crippen LogP contribution in [-0.4, -0.2) is 30.3 Å². The minimum atomic E-state index is -1.33. The summed E-state index contributed by atoms with van der Waals surface area (Å²) < 4.78 is 5.32. The molecule has 0 spiro atoms. The van der Waals surface area contributed by atoms with Crippen molar-refractivity contribution in [2.45, 2.75) is 39.7 Å². The first-order valence-electron chi connectivity index (χ1n) is 6.40. The van der Waals surface area contributed by atoms with Gasteiger partial charge in [0.05, 0.1) is 7.11 Å². The Morgan fingerprint density at radius 3 is 2.26 bits per heavy atom. The van der Waals surface area contributed by atoms with Crippen molar-refractivity contribution >= 4 is 5.91 Å². The minimum Gasteiger partial charge on any atom is -0.496 e. The van der Waals surface area contributed by atoms with Crippen LogP contribution in [0.1, 0.15) is 30.5 Å². The van der Waals surface area contributed by atoms with E-state index in [1.54, 1.807) is 7.11 Å². The molecule has 0 aliphatic heterocycles. The number of carbonyl (C=O) groups excluding carboxylic acids is 1. The number of benzene rings is 1. The third-order valence-corrected chi connectivity index (χ3v) is 2.98. The van der Waals surface area contributed by atoms with E-state index in [1.807, 2.05) is 13.8 Å². The Hall–Kier alpha value is -1.55. The van der Waals surface area contributed by atoms with Gasteiger partial charge in [0.25, 0.3) is 5.91 Å². The van der Waals surface area contributed by atoms with Gasteiger partial charge in [-0.3, -0.25) is 4.79 Å². The molecular formula is C15H23NO3. The standard InChI is InChI=1S/C15H23NO3/c1-10-8-12(9-11(2)13(10)19-5)6-7-16-14(17)15(3,4)18/h8-9,18H,6-7H2,1-5H3,(H,16,17). The molecule has 0 saturated carbocycles. The summed E-state index contributed by atoms with van der Waals surface area (Å²) in [6.45, 7) is 7.47. The molecule has 0 atom stereocenters. The predicted octanol–water partition coefficient (Wildman–Crippen LogP) is 1.74. The Morgan fingerprint density at radius 2 is 1.84 bits per heavy atom.